The lowest BCUT2D eigenvalue weighted by molar-refractivity contribution is -0.136. The Balaban J connectivity index is 1.85. The molecule has 0 aromatic heterocycles. The Bertz CT molecular complexity index is 653. The van der Waals surface area contributed by atoms with Crippen molar-refractivity contribution in [3.05, 3.63) is 34.9 Å². The molecule has 5 nitrogen and oxygen atoms in total. The molecule has 1 aromatic carbocycles. The number of carbonyl (C=O) groups excluding carboxylic acids is 3. The summed E-state index contributed by atoms with van der Waals surface area (Å²) in [5, 5.41) is 2.32. The number of imide groups is 1. The minimum absolute atomic E-state index is 0.102. The number of rotatable bonds is 3. The molecule has 0 aliphatic carbocycles. The van der Waals surface area contributed by atoms with Crippen LogP contribution in [0.2, 0.25) is 0 Å². The molecule has 1 unspecified atom stereocenters. The predicted molar refractivity (Wildman–Crippen MR) is 81.2 cm³/mol. The van der Waals surface area contributed by atoms with E-state index < -0.39 is 6.04 Å². The highest BCUT2D eigenvalue weighted by molar-refractivity contribution is 6.05. The molecule has 2 heterocycles. The third-order valence-corrected chi connectivity index (χ3v) is 4.73. The molecular weight excluding hydrogens is 280 g/mol. The highest BCUT2D eigenvalue weighted by Crippen LogP contribution is 2.30. The molecule has 1 aromatic rings. The van der Waals surface area contributed by atoms with Gasteiger partial charge < -0.3 is 4.90 Å². The van der Waals surface area contributed by atoms with Gasteiger partial charge in [0.2, 0.25) is 11.8 Å². The highest BCUT2D eigenvalue weighted by Gasteiger charge is 2.39. The van der Waals surface area contributed by atoms with E-state index in [2.05, 4.69) is 25.2 Å². The number of benzene rings is 1. The van der Waals surface area contributed by atoms with Gasteiger partial charge in [-0.3, -0.25) is 19.7 Å². The van der Waals surface area contributed by atoms with Crippen LogP contribution in [-0.2, 0) is 16.1 Å². The van der Waals surface area contributed by atoms with E-state index in [1.165, 1.54) is 0 Å². The third-order valence-electron chi connectivity index (χ3n) is 4.73. The number of fused-ring (bicyclic) bond motifs is 1. The average molecular weight is 300 g/mol. The van der Waals surface area contributed by atoms with Gasteiger partial charge in [-0.2, -0.15) is 0 Å². The number of hydrogen-bond donors (Lipinski definition) is 1. The highest BCUT2D eigenvalue weighted by atomic mass is 16.2. The molecule has 2 aliphatic rings. The number of hydrogen-bond acceptors (Lipinski definition) is 3. The lowest BCUT2D eigenvalue weighted by Crippen LogP contribution is -2.52. The van der Waals surface area contributed by atoms with Crippen LogP contribution in [0.3, 0.4) is 0 Å². The first kappa shape index (κ1) is 14.8. The summed E-state index contributed by atoms with van der Waals surface area (Å²) in [5.41, 5.74) is 2.81. The van der Waals surface area contributed by atoms with E-state index in [0.29, 0.717) is 24.4 Å². The van der Waals surface area contributed by atoms with E-state index in [4.69, 9.17) is 0 Å². The number of piperidine rings is 1. The standard InChI is InChI=1S/C17H20N2O3/c1-3-10(2)11-4-5-12-9-19(17(22)13(12)8-11)14-6-7-15(20)18-16(14)21/h4-5,8,10,14H,3,6-7,9H2,1-2H3,(H,18,20,21)/t10-,14?/m1/s1. The summed E-state index contributed by atoms with van der Waals surface area (Å²) < 4.78 is 0. The average Bonchev–Trinajstić information content (AvgIpc) is 2.83. The Hall–Kier alpha value is -2.17. The maximum atomic E-state index is 12.6. The summed E-state index contributed by atoms with van der Waals surface area (Å²) in [6.07, 6.45) is 1.71. The number of amides is 3. The van der Waals surface area contributed by atoms with Crippen molar-refractivity contribution in [2.45, 2.75) is 51.6 Å². The molecule has 22 heavy (non-hydrogen) atoms. The fraction of sp³-hybridized carbons (Fsp3) is 0.471. The SMILES string of the molecule is CC[C@@H](C)c1ccc2c(c1)C(=O)N(C1CCC(=O)NC1=O)C2. The van der Waals surface area contributed by atoms with Crippen molar-refractivity contribution >= 4 is 17.7 Å². The summed E-state index contributed by atoms with van der Waals surface area (Å²) in [6, 6.07) is 5.47. The molecule has 0 bridgehead atoms. The van der Waals surface area contributed by atoms with Gasteiger partial charge in [0.15, 0.2) is 0 Å². The van der Waals surface area contributed by atoms with Gasteiger partial charge >= 0.3 is 0 Å². The second-order valence-electron chi connectivity index (χ2n) is 6.13. The third kappa shape index (κ3) is 2.40. The van der Waals surface area contributed by atoms with Gasteiger partial charge in [-0.15, -0.1) is 0 Å². The quantitative estimate of drug-likeness (QED) is 0.868. The van der Waals surface area contributed by atoms with Gasteiger partial charge in [0.05, 0.1) is 0 Å². The Morgan fingerprint density at radius 1 is 1.32 bits per heavy atom. The molecule has 1 fully saturated rings. The maximum Gasteiger partial charge on any atom is 0.255 e. The molecule has 1 N–H and O–H groups in total. The van der Waals surface area contributed by atoms with Gasteiger partial charge in [-0.1, -0.05) is 26.0 Å². The van der Waals surface area contributed by atoms with Gasteiger partial charge in [-0.25, -0.2) is 0 Å². The van der Waals surface area contributed by atoms with Crippen LogP contribution in [0.1, 0.15) is 60.5 Å². The van der Waals surface area contributed by atoms with Crippen LogP contribution in [0.5, 0.6) is 0 Å². The van der Waals surface area contributed by atoms with E-state index in [-0.39, 0.29) is 24.1 Å². The molecule has 1 saturated heterocycles. The molecule has 0 saturated carbocycles. The molecule has 3 amide bonds. The molecule has 0 spiro atoms. The van der Waals surface area contributed by atoms with Crippen molar-refractivity contribution < 1.29 is 14.4 Å². The van der Waals surface area contributed by atoms with Gasteiger partial charge in [0.1, 0.15) is 6.04 Å². The van der Waals surface area contributed by atoms with Gasteiger partial charge in [0, 0.05) is 18.5 Å². The zero-order chi connectivity index (χ0) is 15.9. The van der Waals surface area contributed by atoms with Crippen LogP contribution in [0, 0.1) is 0 Å². The summed E-state index contributed by atoms with van der Waals surface area (Å²) in [7, 11) is 0. The van der Waals surface area contributed by atoms with E-state index in [0.717, 1.165) is 17.5 Å². The lowest BCUT2D eigenvalue weighted by Gasteiger charge is -2.29. The Labute approximate surface area is 129 Å². The largest absolute Gasteiger partial charge is 0.322 e. The van der Waals surface area contributed by atoms with Crippen molar-refractivity contribution in [2.75, 3.05) is 0 Å². The molecular formula is C17H20N2O3. The summed E-state index contributed by atoms with van der Waals surface area (Å²) in [5.74, 6) is -0.318. The normalized spacial score (nSPS) is 22.5. The van der Waals surface area contributed by atoms with Crippen molar-refractivity contribution in [1.82, 2.24) is 10.2 Å². The van der Waals surface area contributed by atoms with E-state index in [1.807, 2.05) is 12.1 Å². The van der Waals surface area contributed by atoms with Crippen LogP contribution in [-0.4, -0.2) is 28.7 Å². The number of nitrogens with one attached hydrogen (secondary N) is 1. The smallest absolute Gasteiger partial charge is 0.255 e. The molecule has 3 rings (SSSR count). The van der Waals surface area contributed by atoms with Crippen LogP contribution in [0.15, 0.2) is 18.2 Å². The van der Waals surface area contributed by atoms with Crippen LogP contribution >= 0.6 is 0 Å². The Kier molecular flexibility index (Phi) is 3.72. The zero-order valence-electron chi connectivity index (χ0n) is 12.9. The molecule has 2 atom stereocenters. The monoisotopic (exact) mass is 300 g/mol. The zero-order valence-corrected chi connectivity index (χ0v) is 12.9. The molecule has 5 heteroatoms. The van der Waals surface area contributed by atoms with Crippen molar-refractivity contribution in [1.29, 1.82) is 0 Å². The first-order valence-electron chi connectivity index (χ1n) is 7.78. The lowest BCUT2D eigenvalue weighted by atomic mass is 9.95. The molecule has 116 valence electrons. The predicted octanol–water partition coefficient (Wildman–Crippen LogP) is 1.96. The van der Waals surface area contributed by atoms with E-state index in [1.54, 1.807) is 4.90 Å². The Morgan fingerprint density at radius 2 is 2.09 bits per heavy atom. The van der Waals surface area contributed by atoms with Crippen molar-refractivity contribution in [2.24, 2.45) is 0 Å². The van der Waals surface area contributed by atoms with Crippen LogP contribution < -0.4 is 5.32 Å². The van der Waals surface area contributed by atoms with Crippen molar-refractivity contribution in [3.63, 3.8) is 0 Å². The summed E-state index contributed by atoms with van der Waals surface area (Å²) in [6.45, 7) is 4.70. The maximum absolute atomic E-state index is 12.6. The summed E-state index contributed by atoms with van der Waals surface area (Å²) in [4.78, 5) is 37.5. The molecule has 2 aliphatic heterocycles. The Morgan fingerprint density at radius 3 is 2.77 bits per heavy atom. The van der Waals surface area contributed by atoms with Crippen LogP contribution in [0.4, 0.5) is 0 Å². The fourth-order valence-corrected chi connectivity index (χ4v) is 3.11. The first-order valence-corrected chi connectivity index (χ1v) is 7.78. The number of carbonyl (C=O) groups is 3. The van der Waals surface area contributed by atoms with E-state index >= 15 is 0 Å². The fourth-order valence-electron chi connectivity index (χ4n) is 3.11. The topological polar surface area (TPSA) is 66.5 Å². The minimum atomic E-state index is -0.537. The first-order chi connectivity index (χ1) is 10.5. The van der Waals surface area contributed by atoms with Gasteiger partial charge in [0.25, 0.3) is 5.91 Å². The second-order valence-corrected chi connectivity index (χ2v) is 6.13. The van der Waals surface area contributed by atoms with Crippen LogP contribution in [0.25, 0.3) is 0 Å². The number of nitrogens with zero attached hydrogens (tertiary/aromatic N) is 1. The minimum Gasteiger partial charge on any atom is -0.322 e. The second kappa shape index (κ2) is 5.55. The van der Waals surface area contributed by atoms with E-state index in [9.17, 15) is 14.4 Å². The summed E-state index contributed by atoms with van der Waals surface area (Å²) >= 11 is 0. The molecule has 0 radical (unpaired) electrons. The van der Waals surface area contributed by atoms with Gasteiger partial charge in [-0.05, 0) is 36.0 Å². The van der Waals surface area contributed by atoms with Crippen molar-refractivity contribution in [3.8, 4) is 0 Å².